The fourth-order valence-electron chi connectivity index (χ4n) is 2.88. The maximum Gasteiger partial charge on any atom is 0.317 e. The minimum Gasteiger partial charge on any atom is -0.391 e. The number of β-amino-alcohol motifs (C(OH)–C–C–N with tert-alkyl or cyclic N) is 1. The number of amides is 2. The molecule has 0 spiro atoms. The molecule has 4 nitrogen and oxygen atoms in total. The highest BCUT2D eigenvalue weighted by Gasteiger charge is 2.22. The Morgan fingerprint density at radius 3 is 2.59 bits per heavy atom. The van der Waals surface area contributed by atoms with E-state index < -0.39 is 0 Å². The average Bonchev–Trinajstić information content (AvgIpc) is 2.47. The second-order valence-corrected chi connectivity index (χ2v) is 6.69. The van der Waals surface area contributed by atoms with Crippen molar-refractivity contribution in [2.75, 3.05) is 13.1 Å². The number of rotatable bonds is 4. The number of benzene rings is 1. The molecule has 0 aromatic heterocycles. The van der Waals surface area contributed by atoms with Gasteiger partial charge in [0, 0.05) is 19.1 Å². The maximum absolute atomic E-state index is 12.2. The highest BCUT2D eigenvalue weighted by molar-refractivity contribution is 5.74. The van der Waals surface area contributed by atoms with Gasteiger partial charge in [-0.05, 0) is 43.2 Å². The summed E-state index contributed by atoms with van der Waals surface area (Å²) in [7, 11) is 0. The molecule has 4 heteroatoms. The van der Waals surface area contributed by atoms with Crippen LogP contribution in [0, 0.1) is 0 Å². The van der Waals surface area contributed by atoms with Crippen molar-refractivity contribution < 1.29 is 9.90 Å². The summed E-state index contributed by atoms with van der Waals surface area (Å²) >= 11 is 0. The summed E-state index contributed by atoms with van der Waals surface area (Å²) in [4.78, 5) is 13.9. The van der Waals surface area contributed by atoms with Gasteiger partial charge in [-0.1, -0.05) is 38.1 Å². The first-order chi connectivity index (χ1) is 10.5. The van der Waals surface area contributed by atoms with Crippen LogP contribution < -0.4 is 5.32 Å². The molecule has 0 aliphatic carbocycles. The SMILES string of the molecule is CC(Cc1ccc(C(C)C)cc1)NC(=O)N1CCCC(O)C1. The minimum absolute atomic E-state index is 0.0648. The first kappa shape index (κ1) is 16.8. The van der Waals surface area contributed by atoms with Gasteiger partial charge in [-0.15, -0.1) is 0 Å². The molecule has 1 aromatic carbocycles. The van der Waals surface area contributed by atoms with Gasteiger partial charge >= 0.3 is 6.03 Å². The molecule has 1 heterocycles. The number of carbonyl (C=O) groups excluding carboxylic acids is 1. The van der Waals surface area contributed by atoms with E-state index in [4.69, 9.17) is 0 Å². The lowest BCUT2D eigenvalue weighted by Gasteiger charge is -2.31. The molecule has 2 atom stereocenters. The number of hydrogen-bond acceptors (Lipinski definition) is 2. The molecule has 1 aromatic rings. The molecule has 1 aliphatic rings. The Balaban J connectivity index is 1.84. The van der Waals surface area contributed by atoms with Gasteiger partial charge in [0.15, 0.2) is 0 Å². The highest BCUT2D eigenvalue weighted by atomic mass is 16.3. The predicted molar refractivity (Wildman–Crippen MR) is 89.0 cm³/mol. The summed E-state index contributed by atoms with van der Waals surface area (Å²) in [5.41, 5.74) is 2.57. The van der Waals surface area contributed by atoms with E-state index in [9.17, 15) is 9.90 Å². The van der Waals surface area contributed by atoms with Crippen LogP contribution in [0.15, 0.2) is 24.3 Å². The first-order valence-electron chi connectivity index (χ1n) is 8.28. The van der Waals surface area contributed by atoms with E-state index in [1.54, 1.807) is 4.90 Å². The molecule has 1 saturated heterocycles. The molecule has 1 aliphatic heterocycles. The minimum atomic E-state index is -0.376. The van der Waals surface area contributed by atoms with Gasteiger partial charge in [-0.25, -0.2) is 4.79 Å². The number of nitrogens with zero attached hydrogens (tertiary/aromatic N) is 1. The second kappa shape index (κ2) is 7.63. The molecule has 2 rings (SSSR count). The van der Waals surface area contributed by atoms with Crippen LogP contribution in [0.2, 0.25) is 0 Å². The number of urea groups is 1. The summed E-state index contributed by atoms with van der Waals surface area (Å²) in [6.07, 6.45) is 2.11. The summed E-state index contributed by atoms with van der Waals surface area (Å²) in [6, 6.07) is 8.62. The van der Waals surface area contributed by atoms with E-state index in [0.29, 0.717) is 12.5 Å². The molecule has 122 valence electrons. The number of nitrogens with one attached hydrogen (secondary N) is 1. The van der Waals surface area contributed by atoms with Crippen molar-refractivity contribution in [2.24, 2.45) is 0 Å². The van der Waals surface area contributed by atoms with E-state index in [2.05, 4.69) is 43.4 Å². The smallest absolute Gasteiger partial charge is 0.317 e. The summed E-state index contributed by atoms with van der Waals surface area (Å²) in [6.45, 7) is 7.57. The molecule has 0 radical (unpaired) electrons. The third-order valence-corrected chi connectivity index (χ3v) is 4.24. The Morgan fingerprint density at radius 2 is 2.00 bits per heavy atom. The molecule has 2 unspecified atom stereocenters. The summed E-state index contributed by atoms with van der Waals surface area (Å²) in [5.74, 6) is 0.539. The predicted octanol–water partition coefficient (Wildman–Crippen LogP) is 2.91. The van der Waals surface area contributed by atoms with Crippen LogP contribution in [0.5, 0.6) is 0 Å². The molecule has 22 heavy (non-hydrogen) atoms. The molecule has 0 saturated carbocycles. The third-order valence-electron chi connectivity index (χ3n) is 4.24. The van der Waals surface area contributed by atoms with E-state index in [1.807, 2.05) is 6.92 Å². The van der Waals surface area contributed by atoms with Gasteiger partial charge in [0.05, 0.1) is 6.10 Å². The standard InChI is InChI=1S/C18H28N2O2/c1-13(2)16-8-6-15(7-9-16)11-14(3)19-18(22)20-10-4-5-17(21)12-20/h6-9,13-14,17,21H,4-5,10-12H2,1-3H3,(H,19,22). The number of aliphatic hydroxyl groups is 1. The zero-order chi connectivity index (χ0) is 16.1. The average molecular weight is 304 g/mol. The molecule has 0 bridgehead atoms. The van der Waals surface area contributed by atoms with E-state index in [1.165, 1.54) is 11.1 Å². The van der Waals surface area contributed by atoms with Gasteiger partial charge in [0.1, 0.15) is 0 Å². The largest absolute Gasteiger partial charge is 0.391 e. The first-order valence-corrected chi connectivity index (χ1v) is 8.28. The van der Waals surface area contributed by atoms with Gasteiger partial charge in [-0.3, -0.25) is 0 Å². The van der Waals surface area contributed by atoms with Crippen molar-refractivity contribution in [2.45, 2.75) is 58.1 Å². The van der Waals surface area contributed by atoms with Gasteiger partial charge in [0.25, 0.3) is 0 Å². The number of hydrogen-bond donors (Lipinski definition) is 2. The lowest BCUT2D eigenvalue weighted by molar-refractivity contribution is 0.0835. The molecule has 2 N–H and O–H groups in total. The second-order valence-electron chi connectivity index (χ2n) is 6.69. The molecular formula is C18H28N2O2. The van der Waals surface area contributed by atoms with Crippen molar-refractivity contribution in [3.63, 3.8) is 0 Å². The Hall–Kier alpha value is -1.55. The third kappa shape index (κ3) is 4.73. The summed E-state index contributed by atoms with van der Waals surface area (Å²) in [5, 5.41) is 12.7. The zero-order valence-electron chi connectivity index (χ0n) is 13.9. The normalized spacial score (nSPS) is 20.0. The Bertz CT molecular complexity index is 484. The number of carbonyl (C=O) groups is 1. The number of aliphatic hydroxyl groups excluding tert-OH is 1. The number of likely N-dealkylation sites (tertiary alicyclic amines) is 1. The molecular weight excluding hydrogens is 276 g/mol. The van der Waals surface area contributed by atoms with Crippen LogP contribution in [0.1, 0.15) is 50.7 Å². The van der Waals surface area contributed by atoms with Crippen molar-refractivity contribution >= 4 is 6.03 Å². The van der Waals surface area contributed by atoms with Crippen LogP contribution in [-0.2, 0) is 6.42 Å². The van der Waals surface area contributed by atoms with Gasteiger partial charge in [-0.2, -0.15) is 0 Å². The maximum atomic E-state index is 12.2. The van der Waals surface area contributed by atoms with Crippen molar-refractivity contribution in [3.8, 4) is 0 Å². The van der Waals surface area contributed by atoms with Crippen LogP contribution in [0.25, 0.3) is 0 Å². The van der Waals surface area contributed by atoms with Crippen LogP contribution in [-0.4, -0.2) is 41.3 Å². The van der Waals surface area contributed by atoms with Crippen molar-refractivity contribution in [1.29, 1.82) is 0 Å². The zero-order valence-corrected chi connectivity index (χ0v) is 13.9. The van der Waals surface area contributed by atoms with E-state index in [-0.39, 0.29) is 18.2 Å². The Morgan fingerprint density at radius 1 is 1.32 bits per heavy atom. The Kier molecular flexibility index (Phi) is 5.83. The van der Waals surface area contributed by atoms with Crippen molar-refractivity contribution in [3.05, 3.63) is 35.4 Å². The lowest BCUT2D eigenvalue weighted by Crippen LogP contribution is -2.49. The number of piperidine rings is 1. The highest BCUT2D eigenvalue weighted by Crippen LogP contribution is 2.16. The molecule has 2 amide bonds. The lowest BCUT2D eigenvalue weighted by atomic mass is 9.99. The fraction of sp³-hybridized carbons (Fsp3) is 0.611. The fourth-order valence-corrected chi connectivity index (χ4v) is 2.88. The monoisotopic (exact) mass is 304 g/mol. The van der Waals surface area contributed by atoms with Crippen LogP contribution >= 0.6 is 0 Å². The Labute approximate surface area is 133 Å². The van der Waals surface area contributed by atoms with Crippen molar-refractivity contribution in [1.82, 2.24) is 10.2 Å². The van der Waals surface area contributed by atoms with E-state index >= 15 is 0 Å². The summed E-state index contributed by atoms with van der Waals surface area (Å²) < 4.78 is 0. The van der Waals surface area contributed by atoms with Gasteiger partial charge in [0.2, 0.25) is 0 Å². The van der Waals surface area contributed by atoms with Crippen LogP contribution in [0.4, 0.5) is 4.79 Å². The molecule has 1 fully saturated rings. The van der Waals surface area contributed by atoms with E-state index in [0.717, 1.165) is 25.8 Å². The van der Waals surface area contributed by atoms with Crippen LogP contribution in [0.3, 0.4) is 0 Å². The van der Waals surface area contributed by atoms with Gasteiger partial charge < -0.3 is 15.3 Å². The topological polar surface area (TPSA) is 52.6 Å². The quantitative estimate of drug-likeness (QED) is 0.898.